The van der Waals surface area contributed by atoms with E-state index in [9.17, 15) is 4.79 Å². The Labute approximate surface area is 163 Å². The van der Waals surface area contributed by atoms with Crippen LogP contribution in [0.3, 0.4) is 0 Å². The summed E-state index contributed by atoms with van der Waals surface area (Å²) in [4.78, 5) is 17.0. The SMILES string of the molecule is COCCN1CCC(CNC(=O)NCC2CCN2Cc2ccccc2)CC1. The molecular formula is C21H34N4O2. The molecule has 3 rings (SSSR count). The van der Waals surface area contributed by atoms with Crippen molar-refractivity contribution in [1.82, 2.24) is 20.4 Å². The molecule has 6 nitrogen and oxygen atoms in total. The number of hydrogen-bond donors (Lipinski definition) is 2. The number of hydrogen-bond acceptors (Lipinski definition) is 4. The van der Waals surface area contributed by atoms with Crippen LogP contribution in [-0.2, 0) is 11.3 Å². The average Bonchev–Trinajstić information content (AvgIpc) is 2.70. The maximum absolute atomic E-state index is 12.1. The molecule has 150 valence electrons. The summed E-state index contributed by atoms with van der Waals surface area (Å²) >= 11 is 0. The van der Waals surface area contributed by atoms with Crippen molar-refractivity contribution in [2.45, 2.75) is 31.8 Å². The second-order valence-corrected chi connectivity index (χ2v) is 7.77. The van der Waals surface area contributed by atoms with Gasteiger partial charge in [-0.2, -0.15) is 0 Å². The number of carbonyl (C=O) groups excluding carboxylic acids is 1. The summed E-state index contributed by atoms with van der Waals surface area (Å²) in [6.07, 6.45) is 3.46. The van der Waals surface area contributed by atoms with Gasteiger partial charge in [-0.05, 0) is 43.8 Å². The van der Waals surface area contributed by atoms with Gasteiger partial charge in [0.1, 0.15) is 0 Å². The van der Waals surface area contributed by atoms with Crippen molar-refractivity contribution in [3.8, 4) is 0 Å². The summed E-state index contributed by atoms with van der Waals surface area (Å²) in [5.41, 5.74) is 1.34. The van der Waals surface area contributed by atoms with E-state index in [-0.39, 0.29) is 6.03 Å². The van der Waals surface area contributed by atoms with Crippen LogP contribution in [0.1, 0.15) is 24.8 Å². The third kappa shape index (κ3) is 6.48. The quantitative estimate of drug-likeness (QED) is 0.693. The highest BCUT2D eigenvalue weighted by Crippen LogP contribution is 2.20. The molecule has 0 radical (unpaired) electrons. The molecule has 1 aromatic rings. The molecule has 0 aromatic heterocycles. The van der Waals surface area contributed by atoms with Gasteiger partial charge in [-0.3, -0.25) is 4.90 Å². The zero-order valence-electron chi connectivity index (χ0n) is 16.5. The van der Waals surface area contributed by atoms with E-state index in [0.29, 0.717) is 12.0 Å². The summed E-state index contributed by atoms with van der Waals surface area (Å²) in [6.45, 7) is 7.62. The van der Waals surface area contributed by atoms with E-state index in [0.717, 1.165) is 71.7 Å². The second-order valence-electron chi connectivity index (χ2n) is 7.77. The van der Waals surface area contributed by atoms with Gasteiger partial charge in [-0.1, -0.05) is 30.3 Å². The summed E-state index contributed by atoms with van der Waals surface area (Å²) < 4.78 is 5.14. The van der Waals surface area contributed by atoms with Crippen LogP contribution < -0.4 is 10.6 Å². The maximum Gasteiger partial charge on any atom is 0.314 e. The average molecular weight is 375 g/mol. The van der Waals surface area contributed by atoms with Crippen LogP contribution in [-0.4, -0.2) is 74.9 Å². The van der Waals surface area contributed by atoms with Crippen molar-refractivity contribution in [2.24, 2.45) is 5.92 Å². The Kier molecular flexibility index (Phi) is 7.93. The number of likely N-dealkylation sites (tertiary alicyclic amines) is 2. The molecule has 1 atom stereocenters. The Hall–Kier alpha value is -1.63. The summed E-state index contributed by atoms with van der Waals surface area (Å²) in [6, 6.07) is 11.0. The zero-order valence-corrected chi connectivity index (χ0v) is 16.5. The molecule has 2 N–H and O–H groups in total. The molecule has 0 saturated carbocycles. The first-order valence-electron chi connectivity index (χ1n) is 10.3. The smallest absolute Gasteiger partial charge is 0.314 e. The number of amides is 2. The maximum atomic E-state index is 12.1. The monoisotopic (exact) mass is 374 g/mol. The van der Waals surface area contributed by atoms with E-state index in [2.05, 4.69) is 44.7 Å². The van der Waals surface area contributed by atoms with Crippen LogP contribution in [0.15, 0.2) is 30.3 Å². The predicted molar refractivity (Wildman–Crippen MR) is 108 cm³/mol. The fourth-order valence-electron chi connectivity index (χ4n) is 3.90. The van der Waals surface area contributed by atoms with E-state index in [1.807, 2.05) is 6.07 Å². The molecule has 1 unspecified atom stereocenters. The molecule has 27 heavy (non-hydrogen) atoms. The first-order chi connectivity index (χ1) is 13.2. The van der Waals surface area contributed by atoms with E-state index in [1.165, 1.54) is 5.56 Å². The number of benzene rings is 1. The third-order valence-corrected chi connectivity index (χ3v) is 5.86. The van der Waals surface area contributed by atoms with E-state index in [4.69, 9.17) is 4.74 Å². The number of piperidine rings is 1. The largest absolute Gasteiger partial charge is 0.383 e. The van der Waals surface area contributed by atoms with Gasteiger partial charge in [-0.25, -0.2) is 4.79 Å². The molecule has 2 amide bonds. The lowest BCUT2D eigenvalue weighted by Crippen LogP contribution is -2.54. The predicted octanol–water partition coefficient (Wildman–Crippen LogP) is 1.92. The van der Waals surface area contributed by atoms with Gasteiger partial charge in [0.15, 0.2) is 0 Å². The first kappa shape index (κ1) is 20.1. The molecule has 2 saturated heterocycles. The standard InChI is InChI=1S/C21H34N4O2/c1-27-14-13-24-10-7-18(8-11-24)15-22-21(26)23-16-20-9-12-25(20)17-19-5-3-2-4-6-19/h2-6,18,20H,7-17H2,1H3,(H2,22,23,26). The Morgan fingerprint density at radius 1 is 1.07 bits per heavy atom. The van der Waals surface area contributed by atoms with Crippen LogP contribution in [0.4, 0.5) is 4.79 Å². The number of carbonyl (C=O) groups is 1. The molecule has 2 fully saturated rings. The highest BCUT2D eigenvalue weighted by Gasteiger charge is 2.28. The van der Waals surface area contributed by atoms with E-state index < -0.39 is 0 Å². The second kappa shape index (κ2) is 10.6. The fourth-order valence-corrected chi connectivity index (χ4v) is 3.90. The molecule has 2 heterocycles. The summed E-state index contributed by atoms with van der Waals surface area (Å²) in [5.74, 6) is 0.591. The van der Waals surface area contributed by atoms with Crippen molar-refractivity contribution in [3.63, 3.8) is 0 Å². The van der Waals surface area contributed by atoms with Crippen LogP contribution >= 0.6 is 0 Å². The number of urea groups is 1. The normalized spacial score (nSPS) is 21.6. The Bertz CT molecular complexity index is 561. The topological polar surface area (TPSA) is 56.8 Å². The first-order valence-corrected chi connectivity index (χ1v) is 10.3. The summed E-state index contributed by atoms with van der Waals surface area (Å²) in [7, 11) is 1.75. The van der Waals surface area contributed by atoms with Gasteiger partial charge >= 0.3 is 6.03 Å². The van der Waals surface area contributed by atoms with Gasteiger partial charge in [-0.15, -0.1) is 0 Å². The van der Waals surface area contributed by atoms with E-state index >= 15 is 0 Å². The minimum absolute atomic E-state index is 0.0247. The lowest BCUT2D eigenvalue weighted by molar-refractivity contribution is 0.0828. The van der Waals surface area contributed by atoms with Crippen molar-refractivity contribution in [2.75, 3.05) is 53.0 Å². The molecule has 1 aromatic carbocycles. The molecule has 2 aliphatic rings. The van der Waals surface area contributed by atoms with E-state index in [1.54, 1.807) is 7.11 Å². The number of methoxy groups -OCH3 is 1. The highest BCUT2D eigenvalue weighted by atomic mass is 16.5. The molecule has 0 bridgehead atoms. The van der Waals surface area contributed by atoms with Crippen molar-refractivity contribution in [1.29, 1.82) is 0 Å². The molecular weight excluding hydrogens is 340 g/mol. The molecule has 0 aliphatic carbocycles. The molecule has 2 aliphatic heterocycles. The minimum Gasteiger partial charge on any atom is -0.383 e. The van der Waals surface area contributed by atoms with Gasteiger partial charge in [0.25, 0.3) is 0 Å². The number of nitrogens with zero attached hydrogens (tertiary/aromatic N) is 2. The Morgan fingerprint density at radius 3 is 2.48 bits per heavy atom. The highest BCUT2D eigenvalue weighted by molar-refractivity contribution is 5.73. The number of nitrogens with one attached hydrogen (secondary N) is 2. The lowest BCUT2D eigenvalue weighted by atomic mass is 9.97. The van der Waals surface area contributed by atoms with Gasteiger partial charge in [0.2, 0.25) is 0 Å². The lowest BCUT2D eigenvalue weighted by Gasteiger charge is -2.41. The Morgan fingerprint density at radius 2 is 1.81 bits per heavy atom. The molecule has 6 heteroatoms. The van der Waals surface area contributed by atoms with Gasteiger partial charge in [0.05, 0.1) is 6.61 Å². The summed E-state index contributed by atoms with van der Waals surface area (Å²) in [5, 5.41) is 6.12. The minimum atomic E-state index is -0.0247. The van der Waals surface area contributed by atoms with Crippen molar-refractivity contribution >= 4 is 6.03 Å². The van der Waals surface area contributed by atoms with Crippen LogP contribution in [0.2, 0.25) is 0 Å². The van der Waals surface area contributed by atoms with Gasteiger partial charge in [0, 0.05) is 45.9 Å². The molecule has 0 spiro atoms. The van der Waals surface area contributed by atoms with Crippen LogP contribution in [0.25, 0.3) is 0 Å². The zero-order chi connectivity index (χ0) is 18.9. The van der Waals surface area contributed by atoms with Crippen molar-refractivity contribution < 1.29 is 9.53 Å². The van der Waals surface area contributed by atoms with Gasteiger partial charge < -0.3 is 20.3 Å². The Balaban J connectivity index is 1.27. The fraction of sp³-hybridized carbons (Fsp3) is 0.667. The van der Waals surface area contributed by atoms with Crippen LogP contribution in [0, 0.1) is 5.92 Å². The number of ether oxygens (including phenoxy) is 1. The number of rotatable bonds is 9. The van der Waals surface area contributed by atoms with Crippen LogP contribution in [0.5, 0.6) is 0 Å². The van der Waals surface area contributed by atoms with Crippen molar-refractivity contribution in [3.05, 3.63) is 35.9 Å². The third-order valence-electron chi connectivity index (χ3n) is 5.86.